The van der Waals surface area contributed by atoms with E-state index in [9.17, 15) is 0 Å². The molecule has 1 N–H and O–H groups in total. The van der Waals surface area contributed by atoms with E-state index in [1.54, 1.807) is 0 Å². The summed E-state index contributed by atoms with van der Waals surface area (Å²) in [6.07, 6.45) is 3.22. The maximum Gasteiger partial charge on any atom is 0.134 e. The lowest BCUT2D eigenvalue weighted by atomic mass is 10.1. The molecule has 110 valence electrons. The topological polar surface area (TPSA) is 34.4 Å². The number of hydrogen-bond donors (Lipinski definition) is 1. The third-order valence-electron chi connectivity index (χ3n) is 3.41. The predicted octanol–water partition coefficient (Wildman–Crippen LogP) is 4.29. The second-order valence-electron chi connectivity index (χ2n) is 5.03. The van der Waals surface area contributed by atoms with Crippen LogP contribution in [0.3, 0.4) is 0 Å². The van der Waals surface area contributed by atoms with Gasteiger partial charge in [-0.1, -0.05) is 25.1 Å². The summed E-state index contributed by atoms with van der Waals surface area (Å²) in [5.74, 6) is 1.04. The lowest BCUT2D eigenvalue weighted by molar-refractivity contribution is 0.140. The van der Waals surface area contributed by atoms with Crippen molar-refractivity contribution in [1.29, 1.82) is 0 Å². The second-order valence-corrected chi connectivity index (χ2v) is 5.03. The van der Waals surface area contributed by atoms with Crippen molar-refractivity contribution in [2.75, 3.05) is 19.8 Å². The zero-order chi connectivity index (χ0) is 14.2. The van der Waals surface area contributed by atoms with Crippen LogP contribution in [-0.4, -0.2) is 19.8 Å². The summed E-state index contributed by atoms with van der Waals surface area (Å²) in [4.78, 5) is 0. The summed E-state index contributed by atoms with van der Waals surface area (Å²) in [5, 5.41) is 4.75. The number of rotatable bonds is 9. The highest BCUT2D eigenvalue weighted by Crippen LogP contribution is 2.26. The Morgan fingerprint density at radius 1 is 1.25 bits per heavy atom. The quantitative estimate of drug-likeness (QED) is 0.693. The molecule has 0 saturated heterocycles. The monoisotopic (exact) mass is 275 g/mol. The van der Waals surface area contributed by atoms with Gasteiger partial charge in [-0.3, -0.25) is 0 Å². The number of furan rings is 1. The maximum absolute atomic E-state index is 5.98. The predicted molar refractivity (Wildman–Crippen MR) is 83.0 cm³/mol. The van der Waals surface area contributed by atoms with Crippen LogP contribution in [0.4, 0.5) is 0 Å². The Kier molecular flexibility index (Phi) is 6.09. The number of nitrogens with one attached hydrogen (secondary N) is 1. The minimum absolute atomic E-state index is 0.280. The van der Waals surface area contributed by atoms with Gasteiger partial charge in [-0.15, -0.1) is 0 Å². The summed E-state index contributed by atoms with van der Waals surface area (Å²) < 4.78 is 11.4. The van der Waals surface area contributed by atoms with Crippen molar-refractivity contribution in [3.05, 3.63) is 36.1 Å². The lowest BCUT2D eigenvalue weighted by Gasteiger charge is -2.16. The van der Waals surface area contributed by atoms with E-state index in [0.29, 0.717) is 0 Å². The largest absolute Gasteiger partial charge is 0.459 e. The van der Waals surface area contributed by atoms with E-state index in [2.05, 4.69) is 24.4 Å². The fraction of sp³-hybridized carbons (Fsp3) is 0.529. The van der Waals surface area contributed by atoms with Crippen molar-refractivity contribution in [3.8, 4) is 0 Å². The van der Waals surface area contributed by atoms with Crippen LogP contribution in [0.5, 0.6) is 0 Å². The van der Waals surface area contributed by atoms with E-state index in [4.69, 9.17) is 9.15 Å². The Morgan fingerprint density at radius 2 is 2.10 bits per heavy atom. The third-order valence-corrected chi connectivity index (χ3v) is 3.41. The Balaban J connectivity index is 2.04. The first-order valence-corrected chi connectivity index (χ1v) is 7.64. The molecule has 2 rings (SSSR count). The molecule has 0 amide bonds. The van der Waals surface area contributed by atoms with Crippen LogP contribution < -0.4 is 5.32 Å². The van der Waals surface area contributed by atoms with Gasteiger partial charge in [0.2, 0.25) is 0 Å². The first-order chi connectivity index (χ1) is 9.85. The van der Waals surface area contributed by atoms with E-state index < -0.39 is 0 Å². The Bertz CT molecular complexity index is 473. The molecule has 1 heterocycles. The molecular formula is C17H25NO2. The Hall–Kier alpha value is -1.32. The maximum atomic E-state index is 5.98. The second kappa shape index (κ2) is 8.08. The fourth-order valence-corrected chi connectivity index (χ4v) is 2.37. The standard InChI is InChI=1S/C17H25NO2/c1-3-11-18-15(9-7-12-19-4-2)17-13-14-8-5-6-10-16(14)20-17/h5-6,8,10,13,15,18H,3-4,7,9,11-12H2,1-2H3. The Labute approximate surface area is 121 Å². The smallest absolute Gasteiger partial charge is 0.134 e. The van der Waals surface area contributed by atoms with Crippen LogP contribution in [-0.2, 0) is 4.74 Å². The Morgan fingerprint density at radius 3 is 2.85 bits per heavy atom. The van der Waals surface area contributed by atoms with Gasteiger partial charge >= 0.3 is 0 Å². The zero-order valence-electron chi connectivity index (χ0n) is 12.5. The number of benzene rings is 1. The van der Waals surface area contributed by atoms with Crippen LogP contribution in [0.25, 0.3) is 11.0 Å². The van der Waals surface area contributed by atoms with Crippen molar-refractivity contribution in [3.63, 3.8) is 0 Å². The molecule has 0 fully saturated rings. The molecule has 0 aliphatic rings. The summed E-state index contributed by atoms with van der Waals surface area (Å²) in [6.45, 7) is 6.84. The van der Waals surface area contributed by atoms with Gasteiger partial charge in [0.1, 0.15) is 11.3 Å². The average Bonchev–Trinajstić information content (AvgIpc) is 2.90. The summed E-state index contributed by atoms with van der Waals surface area (Å²) >= 11 is 0. The molecule has 1 unspecified atom stereocenters. The van der Waals surface area contributed by atoms with Crippen molar-refractivity contribution in [2.45, 2.75) is 39.2 Å². The molecule has 1 aromatic heterocycles. The highest BCUT2D eigenvalue weighted by Gasteiger charge is 2.15. The summed E-state index contributed by atoms with van der Waals surface area (Å²) in [6, 6.07) is 10.6. The highest BCUT2D eigenvalue weighted by atomic mass is 16.5. The number of fused-ring (bicyclic) bond motifs is 1. The fourth-order valence-electron chi connectivity index (χ4n) is 2.37. The third kappa shape index (κ3) is 4.09. The van der Waals surface area contributed by atoms with Gasteiger partial charge in [-0.25, -0.2) is 0 Å². The molecule has 0 bridgehead atoms. The first kappa shape index (κ1) is 15.1. The van der Waals surface area contributed by atoms with Gasteiger partial charge in [0.25, 0.3) is 0 Å². The van der Waals surface area contributed by atoms with Gasteiger partial charge in [0, 0.05) is 18.6 Å². The number of ether oxygens (including phenoxy) is 1. The molecule has 0 saturated carbocycles. The minimum atomic E-state index is 0.280. The van der Waals surface area contributed by atoms with E-state index in [-0.39, 0.29) is 6.04 Å². The normalized spacial score (nSPS) is 12.9. The van der Waals surface area contributed by atoms with Gasteiger partial charge in [0.15, 0.2) is 0 Å². The number of hydrogen-bond acceptors (Lipinski definition) is 3. The van der Waals surface area contributed by atoms with Gasteiger partial charge in [-0.05, 0) is 44.9 Å². The summed E-state index contributed by atoms with van der Waals surface area (Å²) in [5.41, 5.74) is 0.968. The molecule has 0 radical (unpaired) electrons. The average molecular weight is 275 g/mol. The van der Waals surface area contributed by atoms with E-state index in [1.165, 1.54) is 5.39 Å². The molecule has 2 aromatic rings. The van der Waals surface area contributed by atoms with E-state index in [0.717, 1.165) is 50.4 Å². The van der Waals surface area contributed by atoms with E-state index in [1.807, 2.05) is 25.1 Å². The summed E-state index contributed by atoms with van der Waals surface area (Å²) in [7, 11) is 0. The van der Waals surface area contributed by atoms with Gasteiger partial charge in [0.05, 0.1) is 6.04 Å². The first-order valence-electron chi connectivity index (χ1n) is 7.64. The molecule has 20 heavy (non-hydrogen) atoms. The zero-order valence-corrected chi connectivity index (χ0v) is 12.5. The van der Waals surface area contributed by atoms with Crippen LogP contribution in [0, 0.1) is 0 Å². The molecule has 3 nitrogen and oxygen atoms in total. The highest BCUT2D eigenvalue weighted by molar-refractivity contribution is 5.77. The van der Waals surface area contributed by atoms with Crippen LogP contribution in [0.1, 0.15) is 44.9 Å². The van der Waals surface area contributed by atoms with Gasteiger partial charge < -0.3 is 14.5 Å². The van der Waals surface area contributed by atoms with E-state index >= 15 is 0 Å². The molecular weight excluding hydrogens is 250 g/mol. The van der Waals surface area contributed by atoms with Crippen LogP contribution in [0.2, 0.25) is 0 Å². The van der Waals surface area contributed by atoms with Gasteiger partial charge in [-0.2, -0.15) is 0 Å². The molecule has 1 aromatic carbocycles. The molecule has 0 aliphatic carbocycles. The molecule has 0 spiro atoms. The molecule has 1 atom stereocenters. The lowest BCUT2D eigenvalue weighted by Crippen LogP contribution is -2.22. The molecule has 0 aliphatic heterocycles. The van der Waals surface area contributed by atoms with Crippen LogP contribution >= 0.6 is 0 Å². The van der Waals surface area contributed by atoms with Crippen LogP contribution in [0.15, 0.2) is 34.7 Å². The minimum Gasteiger partial charge on any atom is -0.459 e. The van der Waals surface area contributed by atoms with Crippen molar-refractivity contribution in [2.24, 2.45) is 0 Å². The molecule has 3 heteroatoms. The van der Waals surface area contributed by atoms with Crippen molar-refractivity contribution < 1.29 is 9.15 Å². The SMILES string of the molecule is CCCNC(CCCOCC)c1cc2ccccc2o1. The van der Waals surface area contributed by atoms with Crippen molar-refractivity contribution in [1.82, 2.24) is 5.32 Å². The van der Waals surface area contributed by atoms with Crippen molar-refractivity contribution >= 4 is 11.0 Å². The number of para-hydroxylation sites is 1.